The van der Waals surface area contributed by atoms with E-state index in [2.05, 4.69) is 11.8 Å². The Kier molecular flexibility index (Phi) is 5.91. The van der Waals surface area contributed by atoms with Gasteiger partial charge in [-0.25, -0.2) is 0 Å². The third kappa shape index (κ3) is 4.60. The molecule has 2 atom stereocenters. The minimum Gasteiger partial charge on any atom is -0.481 e. The van der Waals surface area contributed by atoms with Gasteiger partial charge in [-0.2, -0.15) is 0 Å². The number of carbonyl (C=O) groups is 1. The summed E-state index contributed by atoms with van der Waals surface area (Å²) in [5.74, 6) is -0.232. The Hall–Kier alpha value is -0.770. The minimum absolute atomic E-state index is 0.264. The van der Waals surface area contributed by atoms with Crippen LogP contribution in [0.3, 0.4) is 0 Å². The van der Waals surface area contributed by atoms with Gasteiger partial charge in [-0.15, -0.1) is 0 Å². The second-order valence-corrected chi connectivity index (χ2v) is 6.60. The molecule has 0 saturated carbocycles. The zero-order chi connectivity index (χ0) is 15.4. The first-order valence-corrected chi connectivity index (χ1v) is 8.13. The lowest BCUT2D eigenvalue weighted by Gasteiger charge is -2.37. The minimum atomic E-state index is -0.704. The van der Waals surface area contributed by atoms with Crippen molar-refractivity contribution in [3.63, 3.8) is 0 Å². The van der Waals surface area contributed by atoms with Crippen molar-refractivity contribution in [3.05, 3.63) is 33.8 Å². The van der Waals surface area contributed by atoms with E-state index in [9.17, 15) is 4.79 Å². The molecule has 3 nitrogen and oxygen atoms in total. The standard InChI is InChI=1S/C16H21Cl2NO2/c1-11(13-5-6-14(17)15(18)9-13)19-8-2-3-12(10-19)4-7-16(20)21/h5-6,9,11-12H,2-4,7-8,10H2,1H3,(H,20,21). The summed E-state index contributed by atoms with van der Waals surface area (Å²) in [5.41, 5.74) is 1.16. The maximum absolute atomic E-state index is 10.7. The number of likely N-dealkylation sites (tertiary alicyclic amines) is 1. The number of halogens is 2. The van der Waals surface area contributed by atoms with Crippen molar-refractivity contribution in [2.75, 3.05) is 13.1 Å². The highest BCUT2D eigenvalue weighted by Gasteiger charge is 2.24. The Morgan fingerprint density at radius 1 is 1.43 bits per heavy atom. The first kappa shape index (κ1) is 16.6. The molecule has 1 aliphatic heterocycles. The molecular weight excluding hydrogens is 309 g/mol. The third-order valence-electron chi connectivity index (χ3n) is 4.29. The Morgan fingerprint density at radius 2 is 2.19 bits per heavy atom. The fourth-order valence-electron chi connectivity index (χ4n) is 3.00. The van der Waals surface area contributed by atoms with Crippen LogP contribution in [0.5, 0.6) is 0 Å². The van der Waals surface area contributed by atoms with Gasteiger partial charge in [0, 0.05) is 19.0 Å². The summed E-state index contributed by atoms with van der Waals surface area (Å²) in [6.45, 7) is 4.17. The number of rotatable bonds is 5. The predicted molar refractivity (Wildman–Crippen MR) is 86.0 cm³/mol. The largest absolute Gasteiger partial charge is 0.481 e. The highest BCUT2D eigenvalue weighted by Crippen LogP contribution is 2.31. The van der Waals surface area contributed by atoms with Crippen molar-refractivity contribution >= 4 is 29.2 Å². The smallest absolute Gasteiger partial charge is 0.303 e. The van der Waals surface area contributed by atoms with Crippen LogP contribution < -0.4 is 0 Å². The lowest BCUT2D eigenvalue weighted by molar-refractivity contribution is -0.137. The molecule has 0 aromatic heterocycles. The van der Waals surface area contributed by atoms with Crippen LogP contribution in [-0.4, -0.2) is 29.1 Å². The average molecular weight is 330 g/mol. The van der Waals surface area contributed by atoms with E-state index in [0.717, 1.165) is 37.9 Å². The second kappa shape index (κ2) is 7.48. The van der Waals surface area contributed by atoms with E-state index < -0.39 is 5.97 Å². The highest BCUT2D eigenvalue weighted by molar-refractivity contribution is 6.42. The van der Waals surface area contributed by atoms with Gasteiger partial charge in [0.1, 0.15) is 0 Å². The predicted octanol–water partition coefficient (Wildman–Crippen LogP) is 4.63. The van der Waals surface area contributed by atoms with E-state index in [1.54, 1.807) is 0 Å². The number of hydrogen-bond acceptors (Lipinski definition) is 2. The maximum Gasteiger partial charge on any atom is 0.303 e. The van der Waals surface area contributed by atoms with Crippen molar-refractivity contribution in [1.82, 2.24) is 4.90 Å². The molecule has 1 aromatic carbocycles. The highest BCUT2D eigenvalue weighted by atomic mass is 35.5. The van der Waals surface area contributed by atoms with Gasteiger partial charge < -0.3 is 5.11 Å². The molecule has 2 unspecified atom stereocenters. The molecule has 21 heavy (non-hydrogen) atoms. The molecule has 116 valence electrons. The average Bonchev–Trinajstić information content (AvgIpc) is 2.47. The molecular formula is C16H21Cl2NO2. The van der Waals surface area contributed by atoms with Gasteiger partial charge in [0.2, 0.25) is 0 Å². The molecule has 1 saturated heterocycles. The molecule has 1 heterocycles. The van der Waals surface area contributed by atoms with E-state index in [0.29, 0.717) is 16.0 Å². The van der Waals surface area contributed by atoms with Crippen LogP contribution in [0.15, 0.2) is 18.2 Å². The number of benzene rings is 1. The SMILES string of the molecule is CC(c1ccc(Cl)c(Cl)c1)N1CCCC(CCC(=O)O)C1. The summed E-state index contributed by atoms with van der Waals surface area (Å²) in [6, 6.07) is 6.05. The number of hydrogen-bond donors (Lipinski definition) is 1. The molecule has 0 amide bonds. The van der Waals surface area contributed by atoms with Crippen LogP contribution in [0.1, 0.15) is 44.2 Å². The third-order valence-corrected chi connectivity index (χ3v) is 5.03. The molecule has 0 spiro atoms. The van der Waals surface area contributed by atoms with Gasteiger partial charge in [0.25, 0.3) is 0 Å². The Bertz CT molecular complexity index is 507. The summed E-state index contributed by atoms with van der Waals surface area (Å²) in [5, 5.41) is 9.97. The normalized spacial score (nSPS) is 21.2. The summed E-state index contributed by atoms with van der Waals surface area (Å²) in [4.78, 5) is 13.1. The summed E-state index contributed by atoms with van der Waals surface area (Å²) >= 11 is 12.1. The Balaban J connectivity index is 1.99. The van der Waals surface area contributed by atoms with Crippen LogP contribution in [0.25, 0.3) is 0 Å². The lowest BCUT2D eigenvalue weighted by Crippen LogP contribution is -2.37. The van der Waals surface area contributed by atoms with E-state index in [1.165, 1.54) is 0 Å². The zero-order valence-electron chi connectivity index (χ0n) is 12.2. The second-order valence-electron chi connectivity index (χ2n) is 5.79. The van der Waals surface area contributed by atoms with E-state index in [1.807, 2.05) is 18.2 Å². The number of piperidine rings is 1. The van der Waals surface area contributed by atoms with Crippen LogP contribution in [0.2, 0.25) is 10.0 Å². The lowest BCUT2D eigenvalue weighted by atomic mass is 9.91. The molecule has 0 radical (unpaired) electrons. The topological polar surface area (TPSA) is 40.5 Å². The Morgan fingerprint density at radius 3 is 2.86 bits per heavy atom. The van der Waals surface area contributed by atoms with Gasteiger partial charge >= 0.3 is 5.97 Å². The summed E-state index contributed by atoms with van der Waals surface area (Å²) in [7, 11) is 0. The van der Waals surface area contributed by atoms with Crippen LogP contribution >= 0.6 is 23.2 Å². The first-order chi connectivity index (χ1) is 9.97. The van der Waals surface area contributed by atoms with Gasteiger partial charge in [-0.3, -0.25) is 9.69 Å². The summed E-state index contributed by atoms with van der Waals surface area (Å²) in [6.07, 6.45) is 3.27. The summed E-state index contributed by atoms with van der Waals surface area (Å²) < 4.78 is 0. The zero-order valence-corrected chi connectivity index (χ0v) is 13.7. The van der Waals surface area contributed by atoms with E-state index in [-0.39, 0.29) is 12.5 Å². The quantitative estimate of drug-likeness (QED) is 0.856. The van der Waals surface area contributed by atoms with E-state index in [4.69, 9.17) is 28.3 Å². The molecule has 5 heteroatoms. The molecule has 1 aromatic rings. The maximum atomic E-state index is 10.7. The molecule has 1 aliphatic rings. The van der Waals surface area contributed by atoms with Crippen molar-refractivity contribution in [2.45, 2.75) is 38.6 Å². The van der Waals surface area contributed by atoms with Gasteiger partial charge in [-0.1, -0.05) is 29.3 Å². The van der Waals surface area contributed by atoms with Gasteiger partial charge in [-0.05, 0) is 56.3 Å². The van der Waals surface area contributed by atoms with Crippen LogP contribution in [-0.2, 0) is 4.79 Å². The number of carboxylic acid groups (broad SMARTS) is 1. The molecule has 0 bridgehead atoms. The number of aliphatic carboxylic acids is 1. The van der Waals surface area contributed by atoms with Gasteiger partial charge in [0.15, 0.2) is 0 Å². The van der Waals surface area contributed by atoms with Crippen molar-refractivity contribution in [3.8, 4) is 0 Å². The van der Waals surface area contributed by atoms with E-state index >= 15 is 0 Å². The molecule has 1 N–H and O–H groups in total. The number of nitrogens with zero attached hydrogens (tertiary/aromatic N) is 1. The molecule has 1 fully saturated rings. The molecule has 0 aliphatic carbocycles. The molecule has 2 rings (SSSR count). The van der Waals surface area contributed by atoms with Crippen molar-refractivity contribution in [2.24, 2.45) is 5.92 Å². The van der Waals surface area contributed by atoms with Gasteiger partial charge in [0.05, 0.1) is 10.0 Å². The van der Waals surface area contributed by atoms with Crippen LogP contribution in [0, 0.1) is 5.92 Å². The first-order valence-electron chi connectivity index (χ1n) is 7.38. The fraction of sp³-hybridized carbons (Fsp3) is 0.562. The van der Waals surface area contributed by atoms with Crippen molar-refractivity contribution < 1.29 is 9.90 Å². The van der Waals surface area contributed by atoms with Crippen molar-refractivity contribution in [1.29, 1.82) is 0 Å². The monoisotopic (exact) mass is 329 g/mol. The Labute approximate surface area is 135 Å². The van der Waals surface area contributed by atoms with Crippen LogP contribution in [0.4, 0.5) is 0 Å². The fourth-order valence-corrected chi connectivity index (χ4v) is 3.30. The number of carboxylic acids is 1.